The molecule has 41 heavy (non-hydrogen) atoms. The highest BCUT2D eigenvalue weighted by Gasteiger charge is 2.62. The van der Waals surface area contributed by atoms with Gasteiger partial charge in [-0.1, -0.05) is 19.1 Å². The van der Waals surface area contributed by atoms with Gasteiger partial charge >= 0.3 is 18.3 Å². The topological polar surface area (TPSA) is 49.8 Å². The minimum atomic E-state index is -4.75. The third-order valence-corrected chi connectivity index (χ3v) is 9.86. The largest absolute Gasteiger partial charge is 0.487 e. The summed E-state index contributed by atoms with van der Waals surface area (Å²) >= 11 is 0. The third-order valence-electron chi connectivity index (χ3n) is 9.86. The molecule has 2 aromatic carbocycles. The monoisotopic (exact) mass is 581 g/mol. The predicted octanol–water partition coefficient (Wildman–Crippen LogP) is 7.86. The molecule has 2 spiro atoms. The molecule has 2 heterocycles. The molecule has 2 aliphatic heterocycles. The fourth-order valence-electron chi connectivity index (χ4n) is 7.72. The molecule has 2 aliphatic carbocycles. The number of halogens is 6. The smallest absolute Gasteiger partial charge is 0.416 e. The number of benzene rings is 2. The van der Waals surface area contributed by atoms with Crippen LogP contribution in [0.4, 0.5) is 26.3 Å². The Morgan fingerprint density at radius 1 is 1.00 bits per heavy atom. The molecule has 1 N–H and O–H groups in total. The molecule has 0 unspecified atom stereocenters. The molecule has 6 rings (SSSR count). The number of rotatable bonds is 6. The Hall–Kier alpha value is -2.75. The van der Waals surface area contributed by atoms with Crippen LogP contribution in [-0.2, 0) is 23.6 Å². The first-order valence-electron chi connectivity index (χ1n) is 14.2. The molecule has 3 atom stereocenters. The number of fused-ring (bicyclic) bond motifs is 1. The van der Waals surface area contributed by atoms with E-state index in [4.69, 9.17) is 4.74 Å². The summed E-state index contributed by atoms with van der Waals surface area (Å²) in [4.78, 5) is 13.6. The molecule has 2 saturated carbocycles. The summed E-state index contributed by atoms with van der Waals surface area (Å²) in [6.07, 6.45) is -4.32. The van der Waals surface area contributed by atoms with E-state index in [1.54, 1.807) is 6.92 Å². The lowest BCUT2D eigenvalue weighted by Gasteiger charge is -2.65. The zero-order valence-corrected chi connectivity index (χ0v) is 22.9. The highest BCUT2D eigenvalue weighted by atomic mass is 19.4. The summed E-state index contributed by atoms with van der Waals surface area (Å²) in [5.41, 5.74) is -0.899. The van der Waals surface area contributed by atoms with Crippen LogP contribution in [0.1, 0.15) is 85.7 Å². The number of carboxylic acids is 1. The summed E-state index contributed by atoms with van der Waals surface area (Å²) in [6.45, 7) is 4.29. The zero-order valence-electron chi connectivity index (χ0n) is 22.9. The van der Waals surface area contributed by atoms with E-state index < -0.39 is 41.4 Å². The molecular weight excluding hydrogens is 548 g/mol. The Labute approximate surface area is 234 Å². The van der Waals surface area contributed by atoms with Crippen molar-refractivity contribution in [2.24, 2.45) is 17.3 Å². The van der Waals surface area contributed by atoms with E-state index in [9.17, 15) is 36.2 Å². The number of hydrogen-bond donors (Lipinski definition) is 1. The number of alkyl halides is 6. The van der Waals surface area contributed by atoms with Crippen molar-refractivity contribution >= 4 is 5.97 Å². The van der Waals surface area contributed by atoms with Crippen molar-refractivity contribution < 1.29 is 41.0 Å². The van der Waals surface area contributed by atoms with Crippen LogP contribution in [0, 0.1) is 17.3 Å². The molecule has 222 valence electrons. The number of likely N-dealkylation sites (tertiary alicyclic amines) is 1. The van der Waals surface area contributed by atoms with Crippen molar-refractivity contribution in [3.8, 4) is 5.75 Å². The maximum atomic E-state index is 13.7. The first kappa shape index (κ1) is 28.4. The van der Waals surface area contributed by atoms with E-state index in [1.165, 1.54) is 6.92 Å². The highest BCUT2D eigenvalue weighted by Crippen LogP contribution is 2.60. The summed E-state index contributed by atoms with van der Waals surface area (Å²) in [5, 5.41) is 9.65. The standard InChI is InChI=1S/C31H33F6NO3/c1-17(27(39)40)26(20-4-5-20)21-6-3-19-9-10-29(41-25(19)11-21)13-28(14-29)15-38(16-28)18(2)23-12-22(30(32,33)34)7-8-24(23)31(35,36)37/h3,6-8,11-12,17-18,20,26H,4-5,9-10,13-16H2,1-2H3,(H,39,40)/t17-,18-,26-/m0/s1. The van der Waals surface area contributed by atoms with E-state index in [2.05, 4.69) is 0 Å². The summed E-state index contributed by atoms with van der Waals surface area (Å²) in [7, 11) is 0. The Kier molecular flexibility index (Phi) is 6.49. The lowest BCUT2D eigenvalue weighted by molar-refractivity contribution is -0.192. The second kappa shape index (κ2) is 9.38. The van der Waals surface area contributed by atoms with Gasteiger partial charge in [-0.2, -0.15) is 26.3 Å². The van der Waals surface area contributed by atoms with Gasteiger partial charge in [0.1, 0.15) is 11.4 Å². The minimum Gasteiger partial charge on any atom is -0.487 e. The Morgan fingerprint density at radius 3 is 2.27 bits per heavy atom. The average Bonchev–Trinajstić information content (AvgIpc) is 3.68. The van der Waals surface area contributed by atoms with Crippen molar-refractivity contribution in [2.75, 3.05) is 13.1 Å². The van der Waals surface area contributed by atoms with E-state index in [-0.39, 0.29) is 22.5 Å². The van der Waals surface area contributed by atoms with Crippen LogP contribution >= 0.6 is 0 Å². The molecule has 0 bridgehead atoms. The normalized spacial score (nSPS) is 23.6. The number of carbonyl (C=O) groups is 1. The quantitative estimate of drug-likeness (QED) is 0.353. The van der Waals surface area contributed by atoms with Crippen molar-refractivity contribution in [3.05, 3.63) is 64.2 Å². The fraction of sp³-hybridized carbons (Fsp3) is 0.581. The maximum absolute atomic E-state index is 13.7. The molecule has 2 aromatic rings. The van der Waals surface area contributed by atoms with Gasteiger partial charge < -0.3 is 9.84 Å². The summed E-state index contributed by atoms with van der Waals surface area (Å²) in [5.74, 6) is -0.223. The van der Waals surface area contributed by atoms with Crippen LogP contribution in [-0.4, -0.2) is 34.7 Å². The van der Waals surface area contributed by atoms with Gasteiger partial charge in [0.25, 0.3) is 0 Å². The molecule has 4 aliphatic rings. The van der Waals surface area contributed by atoms with Gasteiger partial charge in [0.2, 0.25) is 0 Å². The van der Waals surface area contributed by atoms with Gasteiger partial charge in [0, 0.05) is 24.5 Å². The summed E-state index contributed by atoms with van der Waals surface area (Å²) in [6, 6.07) is 6.92. The van der Waals surface area contributed by atoms with Crippen LogP contribution in [0.2, 0.25) is 0 Å². The molecule has 10 heteroatoms. The van der Waals surface area contributed by atoms with Gasteiger partial charge in [-0.3, -0.25) is 9.69 Å². The lowest BCUT2D eigenvalue weighted by atomic mass is 9.53. The molecule has 0 radical (unpaired) electrons. The Morgan fingerprint density at radius 2 is 1.68 bits per heavy atom. The molecule has 0 amide bonds. The average molecular weight is 582 g/mol. The molecule has 0 aromatic heterocycles. The second-order valence-electron chi connectivity index (χ2n) is 12.9. The zero-order chi connectivity index (χ0) is 29.5. The van der Waals surface area contributed by atoms with Crippen molar-refractivity contribution in [3.63, 3.8) is 0 Å². The van der Waals surface area contributed by atoms with Crippen LogP contribution in [0.25, 0.3) is 0 Å². The number of hydrogen-bond acceptors (Lipinski definition) is 3. The van der Waals surface area contributed by atoms with Crippen LogP contribution in [0.5, 0.6) is 5.75 Å². The van der Waals surface area contributed by atoms with Crippen molar-refractivity contribution in [1.82, 2.24) is 4.90 Å². The summed E-state index contributed by atoms with van der Waals surface area (Å²) < 4.78 is 87.5. The number of aliphatic carboxylic acids is 1. The number of nitrogens with zero attached hydrogens (tertiary/aromatic N) is 1. The van der Waals surface area contributed by atoms with Crippen LogP contribution < -0.4 is 4.74 Å². The molecule has 3 fully saturated rings. The van der Waals surface area contributed by atoms with Gasteiger partial charge in [0.05, 0.1) is 17.0 Å². The fourth-order valence-corrected chi connectivity index (χ4v) is 7.72. The Bertz CT molecular complexity index is 1350. The van der Waals surface area contributed by atoms with Crippen LogP contribution in [0.3, 0.4) is 0 Å². The highest BCUT2D eigenvalue weighted by molar-refractivity contribution is 5.71. The molecular formula is C31H33F6NO3. The first-order chi connectivity index (χ1) is 19.1. The second-order valence-corrected chi connectivity index (χ2v) is 12.9. The van der Waals surface area contributed by atoms with E-state index in [0.717, 1.165) is 55.4 Å². The SMILES string of the molecule is C[C@H](C(=O)O)[C@H](c1ccc2c(c1)OC1(CC2)CC2(CN([C@@H](C)c3cc(C(F)(F)F)ccc3C(F)(F)F)C2)C1)C1CC1. The molecule has 1 saturated heterocycles. The van der Waals surface area contributed by atoms with E-state index in [1.807, 2.05) is 23.1 Å². The Balaban J connectivity index is 1.15. The van der Waals surface area contributed by atoms with Gasteiger partial charge in [-0.15, -0.1) is 0 Å². The molecule has 4 nitrogen and oxygen atoms in total. The van der Waals surface area contributed by atoms with E-state index >= 15 is 0 Å². The van der Waals surface area contributed by atoms with Crippen molar-refractivity contribution in [1.29, 1.82) is 0 Å². The van der Waals surface area contributed by atoms with Crippen LogP contribution in [0.15, 0.2) is 36.4 Å². The van der Waals surface area contributed by atoms with E-state index in [0.29, 0.717) is 37.2 Å². The van der Waals surface area contributed by atoms with Gasteiger partial charge in [-0.05, 0) is 98.2 Å². The number of aryl methyl sites for hydroxylation is 1. The van der Waals surface area contributed by atoms with Crippen molar-refractivity contribution in [2.45, 2.75) is 82.3 Å². The maximum Gasteiger partial charge on any atom is 0.416 e. The third kappa shape index (κ3) is 5.10. The van der Waals surface area contributed by atoms with Gasteiger partial charge in [0.15, 0.2) is 0 Å². The number of ether oxygens (including phenoxy) is 1. The predicted molar refractivity (Wildman–Crippen MR) is 138 cm³/mol. The van der Waals surface area contributed by atoms with Gasteiger partial charge in [-0.25, -0.2) is 0 Å². The first-order valence-corrected chi connectivity index (χ1v) is 14.2. The lowest BCUT2D eigenvalue weighted by Crippen LogP contribution is -2.70. The minimum absolute atomic E-state index is 0.0638. The number of carboxylic acid groups (broad SMARTS) is 1.